The van der Waals surface area contributed by atoms with Crippen molar-refractivity contribution in [3.63, 3.8) is 0 Å². The zero-order chi connectivity index (χ0) is 17.4. The smallest absolute Gasteiger partial charge is 0.226 e. The molecular formula is C17H21N3O4. The van der Waals surface area contributed by atoms with Gasteiger partial charge in [-0.15, -0.1) is 6.58 Å². The van der Waals surface area contributed by atoms with E-state index in [9.17, 15) is 4.79 Å². The van der Waals surface area contributed by atoms with Crippen LogP contribution in [0.4, 0.5) is 0 Å². The first-order chi connectivity index (χ1) is 11.7. The van der Waals surface area contributed by atoms with E-state index < -0.39 is 0 Å². The van der Waals surface area contributed by atoms with Crippen molar-refractivity contribution in [1.29, 1.82) is 0 Å². The van der Waals surface area contributed by atoms with Gasteiger partial charge in [0.2, 0.25) is 17.6 Å². The molecule has 0 aliphatic carbocycles. The van der Waals surface area contributed by atoms with Crippen LogP contribution in [0.5, 0.6) is 11.5 Å². The van der Waals surface area contributed by atoms with Gasteiger partial charge >= 0.3 is 0 Å². The summed E-state index contributed by atoms with van der Waals surface area (Å²) in [7, 11) is 3.15. The third-order valence-corrected chi connectivity index (χ3v) is 3.35. The molecule has 1 aromatic heterocycles. The molecule has 0 fully saturated rings. The fourth-order valence-corrected chi connectivity index (χ4v) is 2.12. The Morgan fingerprint density at radius 3 is 2.83 bits per heavy atom. The maximum absolute atomic E-state index is 11.5. The summed E-state index contributed by atoms with van der Waals surface area (Å²) in [4.78, 5) is 15.8. The largest absolute Gasteiger partial charge is 0.493 e. The van der Waals surface area contributed by atoms with Crippen molar-refractivity contribution in [3.8, 4) is 22.9 Å². The Labute approximate surface area is 140 Å². The standard InChI is InChI=1S/C17H21N3O4/c1-4-10-18-15(21)6-5-7-16-19-17(20-24-16)12-8-9-13(22-2)14(11-12)23-3/h4,8-9,11H,1,5-7,10H2,2-3H3,(H,18,21). The fraction of sp³-hybridized carbons (Fsp3) is 0.353. The Morgan fingerprint density at radius 1 is 1.33 bits per heavy atom. The lowest BCUT2D eigenvalue weighted by molar-refractivity contribution is -0.120. The van der Waals surface area contributed by atoms with Crippen molar-refractivity contribution < 1.29 is 18.8 Å². The molecule has 0 aliphatic heterocycles. The quantitative estimate of drug-likeness (QED) is 0.710. The lowest BCUT2D eigenvalue weighted by atomic mass is 10.2. The molecule has 1 amide bonds. The predicted octanol–water partition coefficient (Wildman–Crippen LogP) is 2.38. The number of aromatic nitrogens is 2. The second kappa shape index (κ2) is 8.71. The van der Waals surface area contributed by atoms with Gasteiger partial charge in [0.25, 0.3) is 0 Å². The van der Waals surface area contributed by atoms with E-state index in [1.54, 1.807) is 32.4 Å². The van der Waals surface area contributed by atoms with Crippen LogP contribution in [-0.2, 0) is 11.2 Å². The minimum absolute atomic E-state index is 0.0190. The van der Waals surface area contributed by atoms with Gasteiger partial charge in [-0.2, -0.15) is 4.98 Å². The second-order valence-corrected chi connectivity index (χ2v) is 5.03. The SMILES string of the molecule is C=CCNC(=O)CCCc1nc(-c2ccc(OC)c(OC)c2)no1. The number of nitrogens with one attached hydrogen (secondary N) is 1. The molecule has 0 bridgehead atoms. The van der Waals surface area contributed by atoms with Crippen LogP contribution in [0.1, 0.15) is 18.7 Å². The Hall–Kier alpha value is -2.83. The summed E-state index contributed by atoms with van der Waals surface area (Å²) >= 11 is 0. The van der Waals surface area contributed by atoms with Gasteiger partial charge in [0.1, 0.15) is 0 Å². The van der Waals surface area contributed by atoms with Gasteiger partial charge in [-0.25, -0.2) is 0 Å². The number of amides is 1. The minimum Gasteiger partial charge on any atom is -0.493 e. The topological polar surface area (TPSA) is 86.5 Å². The van der Waals surface area contributed by atoms with Crippen LogP contribution in [-0.4, -0.2) is 36.8 Å². The molecule has 7 nitrogen and oxygen atoms in total. The summed E-state index contributed by atoms with van der Waals surface area (Å²) < 4.78 is 15.7. The lowest BCUT2D eigenvalue weighted by Crippen LogP contribution is -2.22. The van der Waals surface area contributed by atoms with Gasteiger partial charge in [0.05, 0.1) is 14.2 Å². The van der Waals surface area contributed by atoms with Crippen molar-refractivity contribution in [2.75, 3.05) is 20.8 Å². The summed E-state index contributed by atoms with van der Waals surface area (Å²) in [5, 5.41) is 6.69. The third-order valence-electron chi connectivity index (χ3n) is 3.35. The Bertz CT molecular complexity index is 697. The molecule has 0 saturated heterocycles. The molecular weight excluding hydrogens is 310 g/mol. The number of methoxy groups -OCH3 is 2. The van der Waals surface area contributed by atoms with Crippen molar-refractivity contribution in [3.05, 3.63) is 36.7 Å². The summed E-state index contributed by atoms with van der Waals surface area (Å²) in [6, 6.07) is 5.41. The fourth-order valence-electron chi connectivity index (χ4n) is 2.12. The number of ether oxygens (including phenoxy) is 2. The minimum atomic E-state index is -0.0190. The summed E-state index contributed by atoms with van der Waals surface area (Å²) in [6.45, 7) is 4.03. The van der Waals surface area contributed by atoms with E-state index in [-0.39, 0.29) is 5.91 Å². The van der Waals surface area contributed by atoms with Gasteiger partial charge in [0.15, 0.2) is 11.5 Å². The summed E-state index contributed by atoms with van der Waals surface area (Å²) in [5.41, 5.74) is 0.770. The average molecular weight is 331 g/mol. The van der Waals surface area contributed by atoms with Crippen molar-refractivity contribution in [1.82, 2.24) is 15.5 Å². The number of aryl methyl sites for hydroxylation is 1. The zero-order valence-corrected chi connectivity index (χ0v) is 13.9. The van der Waals surface area contributed by atoms with E-state index in [1.807, 2.05) is 6.07 Å². The highest BCUT2D eigenvalue weighted by Crippen LogP contribution is 2.31. The molecule has 128 valence electrons. The number of hydrogen-bond acceptors (Lipinski definition) is 6. The van der Waals surface area contributed by atoms with Crippen molar-refractivity contribution >= 4 is 5.91 Å². The van der Waals surface area contributed by atoms with Gasteiger partial charge < -0.3 is 19.3 Å². The van der Waals surface area contributed by atoms with Gasteiger partial charge in [-0.05, 0) is 24.6 Å². The molecule has 0 atom stereocenters. The molecule has 1 N–H and O–H groups in total. The second-order valence-electron chi connectivity index (χ2n) is 5.03. The Morgan fingerprint density at radius 2 is 2.12 bits per heavy atom. The molecule has 0 aliphatic rings. The maximum atomic E-state index is 11.5. The predicted molar refractivity (Wildman–Crippen MR) is 89.0 cm³/mol. The first kappa shape index (κ1) is 17.5. The van der Waals surface area contributed by atoms with Crippen molar-refractivity contribution in [2.24, 2.45) is 0 Å². The molecule has 1 aromatic carbocycles. The molecule has 24 heavy (non-hydrogen) atoms. The average Bonchev–Trinajstić information content (AvgIpc) is 3.08. The molecule has 7 heteroatoms. The Kier molecular flexibility index (Phi) is 6.36. The van der Waals surface area contributed by atoms with Gasteiger partial charge in [-0.3, -0.25) is 4.79 Å². The monoisotopic (exact) mass is 331 g/mol. The molecule has 0 unspecified atom stereocenters. The van der Waals surface area contributed by atoms with Crippen LogP contribution in [0.2, 0.25) is 0 Å². The molecule has 0 saturated carbocycles. The number of nitrogens with zero attached hydrogens (tertiary/aromatic N) is 2. The zero-order valence-electron chi connectivity index (χ0n) is 13.9. The first-order valence-corrected chi connectivity index (χ1v) is 7.60. The van der Waals surface area contributed by atoms with E-state index in [2.05, 4.69) is 22.0 Å². The van der Waals surface area contributed by atoms with Crippen LogP contribution in [0.25, 0.3) is 11.4 Å². The first-order valence-electron chi connectivity index (χ1n) is 7.60. The molecule has 0 spiro atoms. The van der Waals surface area contributed by atoms with Crippen LogP contribution < -0.4 is 14.8 Å². The molecule has 0 radical (unpaired) electrons. The highest BCUT2D eigenvalue weighted by molar-refractivity contribution is 5.75. The number of carbonyl (C=O) groups is 1. The van der Waals surface area contributed by atoms with Gasteiger partial charge in [-0.1, -0.05) is 11.2 Å². The van der Waals surface area contributed by atoms with Crippen LogP contribution >= 0.6 is 0 Å². The molecule has 1 heterocycles. The summed E-state index contributed by atoms with van der Waals surface area (Å²) in [6.07, 6.45) is 3.23. The number of carbonyl (C=O) groups excluding carboxylic acids is 1. The normalized spacial score (nSPS) is 10.2. The number of benzene rings is 1. The summed E-state index contributed by atoms with van der Waals surface area (Å²) in [5.74, 6) is 2.18. The van der Waals surface area contributed by atoms with Crippen LogP contribution in [0.15, 0.2) is 35.4 Å². The van der Waals surface area contributed by atoms with Crippen LogP contribution in [0, 0.1) is 0 Å². The lowest BCUT2D eigenvalue weighted by Gasteiger charge is -2.07. The van der Waals surface area contributed by atoms with E-state index in [0.717, 1.165) is 5.56 Å². The Balaban J connectivity index is 1.95. The molecule has 2 rings (SSSR count). The van der Waals surface area contributed by atoms with Crippen LogP contribution in [0.3, 0.4) is 0 Å². The highest BCUT2D eigenvalue weighted by Gasteiger charge is 2.12. The third kappa shape index (κ3) is 4.58. The van der Waals surface area contributed by atoms with E-state index >= 15 is 0 Å². The van der Waals surface area contributed by atoms with E-state index in [4.69, 9.17) is 14.0 Å². The van der Waals surface area contributed by atoms with E-state index in [0.29, 0.717) is 49.0 Å². The highest BCUT2D eigenvalue weighted by atomic mass is 16.5. The van der Waals surface area contributed by atoms with Crippen molar-refractivity contribution in [2.45, 2.75) is 19.3 Å². The number of hydrogen-bond donors (Lipinski definition) is 1. The van der Waals surface area contributed by atoms with Gasteiger partial charge in [0, 0.05) is 24.9 Å². The molecule has 2 aromatic rings. The maximum Gasteiger partial charge on any atom is 0.226 e. The number of rotatable bonds is 9. The van der Waals surface area contributed by atoms with E-state index in [1.165, 1.54) is 0 Å².